The first kappa shape index (κ1) is 11.2. The summed E-state index contributed by atoms with van der Waals surface area (Å²) in [6, 6.07) is 0. The quantitative estimate of drug-likeness (QED) is 0.469. The van der Waals surface area contributed by atoms with Gasteiger partial charge in [-0.15, -0.1) is 24.0 Å². The molecule has 0 rings (SSSR count). The number of methoxy groups -OCH3 is 1. The highest BCUT2D eigenvalue weighted by molar-refractivity contribution is 14.0. The molecular weight excluding hydrogens is 237 g/mol. The second-order valence-electron chi connectivity index (χ2n) is 1.36. The molecule has 0 spiro atoms. The van der Waals surface area contributed by atoms with Crippen molar-refractivity contribution in [2.24, 2.45) is 0 Å². The lowest BCUT2D eigenvalue weighted by atomic mass is 10.9. The monoisotopic (exact) mass is 247 g/mol. The summed E-state index contributed by atoms with van der Waals surface area (Å²) >= 11 is 4.68. The summed E-state index contributed by atoms with van der Waals surface area (Å²) in [6.45, 7) is 0. The van der Waals surface area contributed by atoms with E-state index in [1.807, 2.05) is 14.1 Å². The van der Waals surface area contributed by atoms with Crippen molar-refractivity contribution in [2.75, 3.05) is 21.2 Å². The Morgan fingerprint density at radius 3 is 1.88 bits per heavy atom. The molecule has 50 valence electrons. The second-order valence-corrected chi connectivity index (χ2v) is 1.71. The van der Waals surface area contributed by atoms with Gasteiger partial charge in [0.05, 0.1) is 7.11 Å². The Kier molecular flexibility index (Phi) is 7.81. The normalized spacial score (nSPS) is 6.88. The number of ether oxygens (including phenoxy) is 1. The lowest BCUT2D eigenvalue weighted by Gasteiger charge is -2.09. The third kappa shape index (κ3) is 4.58. The summed E-state index contributed by atoms with van der Waals surface area (Å²) in [5.41, 5.74) is 0. The SMILES string of the molecule is COC(=S)N(C)C.I. The molecule has 0 aliphatic carbocycles. The number of thiocarbonyl (C=S) groups is 1. The Morgan fingerprint density at radius 1 is 1.50 bits per heavy atom. The van der Waals surface area contributed by atoms with Gasteiger partial charge < -0.3 is 9.64 Å². The van der Waals surface area contributed by atoms with Crippen molar-refractivity contribution in [3.8, 4) is 0 Å². The maximum absolute atomic E-state index is 4.68. The van der Waals surface area contributed by atoms with Gasteiger partial charge in [-0.05, 0) is 12.2 Å². The van der Waals surface area contributed by atoms with E-state index in [2.05, 4.69) is 17.0 Å². The van der Waals surface area contributed by atoms with Crippen LogP contribution in [0.15, 0.2) is 0 Å². The highest BCUT2D eigenvalue weighted by Crippen LogP contribution is 1.80. The topological polar surface area (TPSA) is 12.5 Å². The zero-order valence-corrected chi connectivity index (χ0v) is 8.32. The Balaban J connectivity index is 0. The van der Waals surface area contributed by atoms with Crippen molar-refractivity contribution in [3.05, 3.63) is 0 Å². The van der Waals surface area contributed by atoms with E-state index in [0.29, 0.717) is 5.17 Å². The highest BCUT2D eigenvalue weighted by atomic mass is 127. The number of hydrogen-bond donors (Lipinski definition) is 0. The van der Waals surface area contributed by atoms with Crippen LogP contribution in [0.25, 0.3) is 0 Å². The van der Waals surface area contributed by atoms with Crippen molar-refractivity contribution in [3.63, 3.8) is 0 Å². The van der Waals surface area contributed by atoms with Crippen molar-refractivity contribution < 1.29 is 4.74 Å². The summed E-state index contributed by atoms with van der Waals surface area (Å²) in [5, 5.41) is 0.514. The van der Waals surface area contributed by atoms with Crippen LogP contribution in [0.2, 0.25) is 0 Å². The minimum Gasteiger partial charge on any atom is -0.474 e. The van der Waals surface area contributed by atoms with Crippen LogP contribution >= 0.6 is 36.2 Å². The lowest BCUT2D eigenvalue weighted by Crippen LogP contribution is -2.20. The smallest absolute Gasteiger partial charge is 0.258 e. The minimum atomic E-state index is 0. The maximum atomic E-state index is 4.68. The fourth-order valence-corrected chi connectivity index (χ4v) is 0.183. The van der Waals surface area contributed by atoms with Gasteiger partial charge in [0.15, 0.2) is 0 Å². The Hall–Kier alpha value is 0.420. The van der Waals surface area contributed by atoms with E-state index in [1.54, 1.807) is 12.0 Å². The predicted molar refractivity (Wildman–Crippen MR) is 48.7 cm³/mol. The molecule has 0 fully saturated rings. The fraction of sp³-hybridized carbons (Fsp3) is 0.750. The maximum Gasteiger partial charge on any atom is 0.258 e. The van der Waals surface area contributed by atoms with Gasteiger partial charge >= 0.3 is 0 Å². The molecule has 0 aromatic rings. The first-order chi connectivity index (χ1) is 3.18. The number of nitrogens with zero attached hydrogens (tertiary/aromatic N) is 1. The third-order valence-electron chi connectivity index (χ3n) is 0.540. The van der Waals surface area contributed by atoms with Crippen molar-refractivity contribution in [1.29, 1.82) is 0 Å². The van der Waals surface area contributed by atoms with E-state index in [4.69, 9.17) is 0 Å². The van der Waals surface area contributed by atoms with E-state index in [1.165, 1.54) is 0 Å². The van der Waals surface area contributed by atoms with E-state index in [0.717, 1.165) is 0 Å². The van der Waals surface area contributed by atoms with Crippen LogP contribution in [0.4, 0.5) is 0 Å². The molecule has 8 heavy (non-hydrogen) atoms. The van der Waals surface area contributed by atoms with Gasteiger partial charge in [0, 0.05) is 14.1 Å². The Labute approximate surface area is 72.2 Å². The Morgan fingerprint density at radius 2 is 1.88 bits per heavy atom. The molecule has 0 N–H and O–H groups in total. The van der Waals surface area contributed by atoms with Gasteiger partial charge in [-0.25, -0.2) is 0 Å². The molecular formula is C4H10INOS. The summed E-state index contributed by atoms with van der Waals surface area (Å²) in [7, 11) is 5.24. The van der Waals surface area contributed by atoms with Crippen molar-refractivity contribution in [1.82, 2.24) is 4.90 Å². The number of hydrogen-bond acceptors (Lipinski definition) is 2. The summed E-state index contributed by atoms with van der Waals surface area (Å²) < 4.78 is 4.67. The molecule has 0 aromatic carbocycles. The van der Waals surface area contributed by atoms with Crippen LogP contribution in [0.5, 0.6) is 0 Å². The molecule has 0 aliphatic heterocycles. The largest absolute Gasteiger partial charge is 0.474 e. The van der Waals surface area contributed by atoms with Crippen LogP contribution in [-0.4, -0.2) is 31.3 Å². The van der Waals surface area contributed by atoms with Gasteiger partial charge in [-0.3, -0.25) is 0 Å². The van der Waals surface area contributed by atoms with Crippen LogP contribution in [0.1, 0.15) is 0 Å². The molecule has 0 unspecified atom stereocenters. The molecule has 4 heteroatoms. The lowest BCUT2D eigenvalue weighted by molar-refractivity contribution is 0.346. The second kappa shape index (κ2) is 5.55. The molecule has 0 atom stereocenters. The van der Waals surface area contributed by atoms with Crippen molar-refractivity contribution >= 4 is 41.4 Å². The van der Waals surface area contributed by atoms with E-state index in [9.17, 15) is 0 Å². The molecule has 0 saturated heterocycles. The summed E-state index contributed by atoms with van der Waals surface area (Å²) in [4.78, 5) is 1.73. The summed E-state index contributed by atoms with van der Waals surface area (Å²) in [5.74, 6) is 0. The first-order valence-electron chi connectivity index (χ1n) is 1.93. The van der Waals surface area contributed by atoms with Gasteiger partial charge in [-0.1, -0.05) is 0 Å². The standard InChI is InChI=1S/C4H9NOS.HI/c1-5(2)4(7)6-3;/h1-3H3;1H. The molecule has 0 bridgehead atoms. The van der Waals surface area contributed by atoms with Crippen LogP contribution in [0.3, 0.4) is 0 Å². The third-order valence-corrected chi connectivity index (χ3v) is 1.07. The highest BCUT2D eigenvalue weighted by Gasteiger charge is 1.91. The molecule has 0 aromatic heterocycles. The first-order valence-corrected chi connectivity index (χ1v) is 2.34. The van der Waals surface area contributed by atoms with Crippen molar-refractivity contribution in [2.45, 2.75) is 0 Å². The van der Waals surface area contributed by atoms with Crippen LogP contribution in [0, 0.1) is 0 Å². The van der Waals surface area contributed by atoms with E-state index < -0.39 is 0 Å². The van der Waals surface area contributed by atoms with Crippen LogP contribution in [-0.2, 0) is 4.74 Å². The predicted octanol–water partition coefficient (Wildman–Crippen LogP) is 1.10. The molecule has 0 saturated carbocycles. The van der Waals surface area contributed by atoms with Gasteiger partial charge in [0.25, 0.3) is 5.17 Å². The van der Waals surface area contributed by atoms with Gasteiger partial charge in [-0.2, -0.15) is 0 Å². The Bertz CT molecular complexity index is 76.4. The molecule has 0 amide bonds. The molecule has 0 heterocycles. The van der Waals surface area contributed by atoms with E-state index >= 15 is 0 Å². The zero-order valence-electron chi connectivity index (χ0n) is 5.17. The van der Waals surface area contributed by atoms with Gasteiger partial charge in [0.1, 0.15) is 0 Å². The minimum absolute atomic E-state index is 0. The average Bonchev–Trinajstić information content (AvgIpc) is 1.65. The number of rotatable bonds is 0. The number of halogens is 1. The van der Waals surface area contributed by atoms with Crippen LogP contribution < -0.4 is 0 Å². The molecule has 0 aliphatic rings. The molecule has 2 nitrogen and oxygen atoms in total. The average molecular weight is 247 g/mol. The zero-order chi connectivity index (χ0) is 5.86. The molecule has 0 radical (unpaired) electrons. The van der Waals surface area contributed by atoms with E-state index in [-0.39, 0.29) is 24.0 Å². The summed E-state index contributed by atoms with van der Waals surface area (Å²) in [6.07, 6.45) is 0. The van der Waals surface area contributed by atoms with Gasteiger partial charge in [0.2, 0.25) is 0 Å². The fourth-order valence-electron chi connectivity index (χ4n) is 0.183.